The van der Waals surface area contributed by atoms with Crippen LogP contribution in [-0.4, -0.2) is 41.4 Å². The number of phenolic OH excluding ortho intramolecular Hbond substituents is 2. The molecule has 0 aliphatic heterocycles. The van der Waals surface area contributed by atoms with Crippen LogP contribution in [-0.2, 0) is 29.6 Å². The minimum absolute atomic E-state index is 0.0734. The topological polar surface area (TPSA) is 288 Å². The van der Waals surface area contributed by atoms with Crippen LogP contribution in [0.2, 0.25) is 0 Å². The monoisotopic (exact) mass is 791 g/mol. The van der Waals surface area contributed by atoms with Crippen LogP contribution in [0.15, 0.2) is 136 Å². The second kappa shape index (κ2) is 15.2. The van der Waals surface area contributed by atoms with Gasteiger partial charge in [0.05, 0.1) is 45.1 Å². The SMILES string of the molecule is Cc1c(N=Nc2cc(S(=O)(=O)O)c3cc(SOOO)c(N=Nc4ccccc4)c(O)c3c2N)ccc2c(O)c(N=Nc3ccccc3)c(S(=O)(=O)O)cc12. The molecule has 18 nitrogen and oxygen atoms in total. The zero-order valence-electron chi connectivity index (χ0n) is 27.3. The molecule has 0 aliphatic carbocycles. The number of phenols is 2. The molecule has 7 N–H and O–H groups in total. The highest BCUT2D eigenvalue weighted by Gasteiger charge is 2.26. The third-order valence-electron chi connectivity index (χ3n) is 7.81. The zero-order chi connectivity index (χ0) is 38.8. The lowest BCUT2D eigenvalue weighted by Crippen LogP contribution is -2.02. The summed E-state index contributed by atoms with van der Waals surface area (Å²) in [5.74, 6) is -1.32. The van der Waals surface area contributed by atoms with Gasteiger partial charge in [-0.2, -0.15) is 32.2 Å². The molecular formula is C33H25N7O11S3. The van der Waals surface area contributed by atoms with E-state index in [0.717, 1.165) is 18.2 Å². The third kappa shape index (κ3) is 7.73. The number of hydrogen-bond donors (Lipinski definition) is 6. The van der Waals surface area contributed by atoms with Gasteiger partial charge in [-0.1, -0.05) is 41.4 Å². The summed E-state index contributed by atoms with van der Waals surface area (Å²) in [5.41, 5.74) is 5.99. The molecule has 0 fully saturated rings. The number of fused-ring (bicyclic) bond motifs is 2. The van der Waals surface area contributed by atoms with Crippen molar-refractivity contribution in [2.45, 2.75) is 21.6 Å². The molecule has 0 aromatic heterocycles. The Morgan fingerprint density at radius 1 is 0.630 bits per heavy atom. The van der Waals surface area contributed by atoms with Crippen LogP contribution >= 0.6 is 12.0 Å². The van der Waals surface area contributed by atoms with Crippen molar-refractivity contribution < 1.29 is 50.8 Å². The van der Waals surface area contributed by atoms with Crippen molar-refractivity contribution in [3.05, 3.63) is 96.6 Å². The fourth-order valence-electron chi connectivity index (χ4n) is 5.28. The normalized spacial score (nSPS) is 12.6. The highest BCUT2D eigenvalue weighted by atomic mass is 32.2. The summed E-state index contributed by atoms with van der Waals surface area (Å²) in [6, 6.07) is 22.5. The van der Waals surface area contributed by atoms with Gasteiger partial charge >= 0.3 is 0 Å². The number of aromatic hydroxyl groups is 2. The van der Waals surface area contributed by atoms with Crippen LogP contribution in [0.1, 0.15) is 5.56 Å². The summed E-state index contributed by atoms with van der Waals surface area (Å²) in [7, 11) is -9.99. The van der Waals surface area contributed by atoms with E-state index in [9.17, 15) is 36.2 Å². The number of anilines is 1. The van der Waals surface area contributed by atoms with Crippen molar-refractivity contribution in [2.75, 3.05) is 5.73 Å². The van der Waals surface area contributed by atoms with Crippen LogP contribution in [0.5, 0.6) is 11.5 Å². The summed E-state index contributed by atoms with van der Waals surface area (Å²) < 4.78 is 74.8. The van der Waals surface area contributed by atoms with Crippen molar-refractivity contribution in [1.82, 2.24) is 0 Å². The number of azo groups is 3. The van der Waals surface area contributed by atoms with Gasteiger partial charge in [-0.3, -0.25) is 9.11 Å². The van der Waals surface area contributed by atoms with Crippen LogP contribution in [0.3, 0.4) is 0 Å². The predicted molar refractivity (Wildman–Crippen MR) is 196 cm³/mol. The summed E-state index contributed by atoms with van der Waals surface area (Å²) in [6.45, 7) is 1.51. The minimum atomic E-state index is -5.04. The van der Waals surface area contributed by atoms with Crippen LogP contribution in [0.25, 0.3) is 21.5 Å². The molecule has 0 saturated carbocycles. The summed E-state index contributed by atoms with van der Waals surface area (Å²) in [4.78, 5) is -1.62. The Morgan fingerprint density at radius 2 is 1.20 bits per heavy atom. The number of rotatable bonds is 11. The Bertz CT molecular complexity index is 2750. The predicted octanol–water partition coefficient (Wildman–Crippen LogP) is 9.46. The fourth-order valence-corrected chi connectivity index (χ4v) is 7.12. The second-order valence-corrected chi connectivity index (χ2v) is 14.6. The molecule has 0 amide bonds. The van der Waals surface area contributed by atoms with E-state index in [0.29, 0.717) is 23.4 Å². The van der Waals surface area contributed by atoms with E-state index in [4.69, 9.17) is 11.0 Å². The maximum absolute atomic E-state index is 12.6. The van der Waals surface area contributed by atoms with Gasteiger partial charge in [0.15, 0.2) is 11.5 Å². The van der Waals surface area contributed by atoms with E-state index in [-0.39, 0.29) is 54.8 Å². The first-order valence-corrected chi connectivity index (χ1v) is 18.7. The van der Waals surface area contributed by atoms with Gasteiger partial charge in [-0.15, -0.1) is 19.7 Å². The minimum Gasteiger partial charge on any atom is -0.505 e. The van der Waals surface area contributed by atoms with E-state index < -0.39 is 47.2 Å². The number of aryl methyl sites for hydroxylation is 1. The molecule has 0 aliphatic rings. The summed E-state index contributed by atoms with van der Waals surface area (Å²) in [6.07, 6.45) is 0. The van der Waals surface area contributed by atoms with Gasteiger partial charge in [-0.05, 0) is 72.5 Å². The van der Waals surface area contributed by atoms with Crippen LogP contribution < -0.4 is 5.73 Å². The van der Waals surface area contributed by atoms with Gasteiger partial charge in [0.25, 0.3) is 20.2 Å². The molecule has 0 atom stereocenters. The number of nitrogens with zero attached hydrogens (tertiary/aromatic N) is 6. The molecule has 0 spiro atoms. The number of benzene rings is 6. The Labute approximate surface area is 309 Å². The first-order valence-electron chi connectivity index (χ1n) is 15.1. The van der Waals surface area contributed by atoms with Crippen molar-refractivity contribution in [3.63, 3.8) is 0 Å². The lowest BCUT2D eigenvalue weighted by Gasteiger charge is -2.14. The van der Waals surface area contributed by atoms with Crippen LogP contribution in [0, 0.1) is 6.92 Å². The standard InChI is InChI=1S/C33H25N7O11S3/c1-17-21-15-27(54(47,48)49)31(40-36-19-10-6-3-7-11-19)32(41)20(21)12-13-23(17)37-38-24-16-26(53(44,45)46)22-14-25(52-51-50-43)30(33(42)28(22)29(24)34)39-35-18-8-4-2-5-9-18/h2-16,41-43H,34H2,1H3,(H,44,45,46)(H,47,48,49). The van der Waals surface area contributed by atoms with Crippen molar-refractivity contribution in [1.29, 1.82) is 0 Å². The van der Waals surface area contributed by atoms with Gasteiger partial charge < -0.3 is 15.9 Å². The molecule has 6 aromatic carbocycles. The summed E-state index contributed by atoms with van der Waals surface area (Å²) in [5, 5.41) is 58.8. The molecular weight excluding hydrogens is 767 g/mol. The quantitative estimate of drug-likeness (QED) is 0.0178. The maximum Gasteiger partial charge on any atom is 0.296 e. The Hall–Kier alpha value is -5.91. The van der Waals surface area contributed by atoms with E-state index in [1.165, 1.54) is 19.1 Å². The van der Waals surface area contributed by atoms with E-state index >= 15 is 0 Å². The third-order valence-corrected chi connectivity index (χ3v) is 10.2. The Balaban J connectivity index is 1.51. The summed E-state index contributed by atoms with van der Waals surface area (Å²) >= 11 is 0.329. The maximum atomic E-state index is 12.6. The molecule has 0 bridgehead atoms. The van der Waals surface area contributed by atoms with Crippen molar-refractivity contribution in [2.24, 2.45) is 30.7 Å². The van der Waals surface area contributed by atoms with Gasteiger partial charge in [0.1, 0.15) is 26.9 Å². The molecule has 276 valence electrons. The van der Waals surface area contributed by atoms with Gasteiger partial charge in [0, 0.05) is 10.8 Å². The fraction of sp³-hybridized carbons (Fsp3) is 0.0303. The number of nitrogens with two attached hydrogens (primary N) is 1. The molecule has 0 unspecified atom stereocenters. The van der Waals surface area contributed by atoms with E-state index in [2.05, 4.69) is 40.1 Å². The molecule has 21 heteroatoms. The molecule has 0 radical (unpaired) electrons. The molecule has 6 rings (SSSR count). The molecule has 0 saturated heterocycles. The second-order valence-electron chi connectivity index (χ2n) is 11.1. The van der Waals surface area contributed by atoms with Crippen molar-refractivity contribution >= 4 is 93.6 Å². The Morgan fingerprint density at radius 3 is 1.78 bits per heavy atom. The number of nitrogen functional groups attached to an aromatic ring is 1. The average molecular weight is 792 g/mol. The van der Waals surface area contributed by atoms with Crippen LogP contribution in [0.4, 0.5) is 39.8 Å². The zero-order valence-corrected chi connectivity index (χ0v) is 29.8. The lowest BCUT2D eigenvalue weighted by molar-refractivity contribution is -0.432. The molecule has 6 aromatic rings. The Kier molecular flexibility index (Phi) is 10.7. The van der Waals surface area contributed by atoms with Gasteiger partial charge in [-0.25, -0.2) is 5.26 Å². The average Bonchev–Trinajstić information content (AvgIpc) is 3.13. The number of hydrogen-bond acceptors (Lipinski definition) is 17. The smallest absolute Gasteiger partial charge is 0.296 e. The molecule has 54 heavy (non-hydrogen) atoms. The van der Waals surface area contributed by atoms with Gasteiger partial charge in [0.2, 0.25) is 0 Å². The largest absolute Gasteiger partial charge is 0.505 e. The highest BCUT2D eigenvalue weighted by molar-refractivity contribution is 7.94. The molecule has 0 heterocycles. The van der Waals surface area contributed by atoms with E-state index in [1.807, 2.05) is 0 Å². The first-order chi connectivity index (χ1) is 25.7. The first kappa shape index (κ1) is 37.8. The highest BCUT2D eigenvalue weighted by Crippen LogP contribution is 2.50. The van der Waals surface area contributed by atoms with E-state index in [1.54, 1.807) is 60.7 Å². The van der Waals surface area contributed by atoms with Crippen molar-refractivity contribution in [3.8, 4) is 11.5 Å². The lowest BCUT2D eigenvalue weighted by atomic mass is 10.0.